The van der Waals surface area contributed by atoms with Gasteiger partial charge in [0.15, 0.2) is 0 Å². The third-order valence-corrected chi connectivity index (χ3v) is 5.93. The Bertz CT molecular complexity index is 524. The molecule has 1 aliphatic heterocycles. The van der Waals surface area contributed by atoms with E-state index in [2.05, 4.69) is 14.8 Å². The van der Waals surface area contributed by atoms with E-state index in [4.69, 9.17) is 0 Å². The van der Waals surface area contributed by atoms with Crippen molar-refractivity contribution in [2.75, 3.05) is 31.1 Å². The van der Waals surface area contributed by atoms with Crippen LogP contribution >= 0.6 is 0 Å². The van der Waals surface area contributed by atoms with Gasteiger partial charge in [0.2, 0.25) is 5.91 Å². The maximum absolute atomic E-state index is 12.6. The summed E-state index contributed by atoms with van der Waals surface area (Å²) in [7, 11) is 0. The minimum atomic E-state index is 0.387. The number of rotatable bonds is 3. The van der Waals surface area contributed by atoms with Crippen LogP contribution in [0.15, 0.2) is 24.4 Å². The van der Waals surface area contributed by atoms with Crippen LogP contribution in [0.2, 0.25) is 0 Å². The fourth-order valence-corrected chi connectivity index (χ4v) is 4.71. The smallest absolute Gasteiger partial charge is 0.222 e. The molecule has 2 bridgehead atoms. The Hall–Kier alpha value is -1.58. The summed E-state index contributed by atoms with van der Waals surface area (Å²) in [4.78, 5) is 21.3. The molecule has 2 saturated carbocycles. The number of carbonyl (C=O) groups is 1. The molecule has 1 aromatic rings. The van der Waals surface area contributed by atoms with Crippen LogP contribution < -0.4 is 4.90 Å². The lowest BCUT2D eigenvalue weighted by molar-refractivity contribution is -0.132. The van der Waals surface area contributed by atoms with E-state index in [-0.39, 0.29) is 0 Å². The molecule has 1 amide bonds. The zero-order valence-electron chi connectivity index (χ0n) is 13.2. The van der Waals surface area contributed by atoms with Crippen LogP contribution in [0.3, 0.4) is 0 Å². The summed E-state index contributed by atoms with van der Waals surface area (Å²) in [6.07, 6.45) is 8.12. The van der Waals surface area contributed by atoms with Gasteiger partial charge in [-0.1, -0.05) is 12.5 Å². The predicted octanol–water partition coefficient (Wildman–Crippen LogP) is 2.56. The first-order valence-electron chi connectivity index (χ1n) is 8.73. The molecule has 1 aromatic heterocycles. The summed E-state index contributed by atoms with van der Waals surface area (Å²) >= 11 is 0. The molecule has 4 nitrogen and oxygen atoms in total. The Morgan fingerprint density at radius 2 is 2.00 bits per heavy atom. The van der Waals surface area contributed by atoms with E-state index in [1.807, 2.05) is 24.4 Å². The molecule has 3 fully saturated rings. The molecule has 0 unspecified atom stereocenters. The van der Waals surface area contributed by atoms with E-state index in [9.17, 15) is 4.79 Å². The third kappa shape index (κ3) is 2.71. The van der Waals surface area contributed by atoms with Gasteiger partial charge in [-0.25, -0.2) is 4.98 Å². The second-order valence-corrected chi connectivity index (χ2v) is 7.19. The van der Waals surface area contributed by atoms with Gasteiger partial charge in [-0.2, -0.15) is 0 Å². The number of hydrogen-bond acceptors (Lipinski definition) is 3. The Balaban J connectivity index is 1.29. The lowest BCUT2D eigenvalue weighted by Gasteiger charge is -2.36. The summed E-state index contributed by atoms with van der Waals surface area (Å²) in [5, 5.41) is 0. The molecule has 118 valence electrons. The number of nitrogens with zero attached hydrogens (tertiary/aromatic N) is 3. The van der Waals surface area contributed by atoms with E-state index in [1.165, 1.54) is 25.7 Å². The van der Waals surface area contributed by atoms with Gasteiger partial charge in [0.1, 0.15) is 5.82 Å². The first-order valence-corrected chi connectivity index (χ1v) is 8.73. The van der Waals surface area contributed by atoms with Gasteiger partial charge < -0.3 is 9.80 Å². The van der Waals surface area contributed by atoms with E-state index in [0.717, 1.165) is 50.3 Å². The molecule has 0 spiro atoms. The molecule has 22 heavy (non-hydrogen) atoms. The lowest BCUT2D eigenvalue weighted by Crippen LogP contribution is -2.49. The molecule has 2 heterocycles. The summed E-state index contributed by atoms with van der Waals surface area (Å²) in [6, 6.07) is 6.01. The Kier molecular flexibility index (Phi) is 3.77. The van der Waals surface area contributed by atoms with E-state index >= 15 is 0 Å². The molecule has 4 rings (SSSR count). The largest absolute Gasteiger partial charge is 0.353 e. The zero-order chi connectivity index (χ0) is 14.9. The molecular formula is C18H25N3O. The number of carbonyl (C=O) groups excluding carboxylic acids is 1. The number of pyridine rings is 1. The van der Waals surface area contributed by atoms with Gasteiger partial charge in [-0.15, -0.1) is 0 Å². The van der Waals surface area contributed by atoms with Crippen molar-refractivity contribution in [2.45, 2.75) is 32.1 Å². The maximum Gasteiger partial charge on any atom is 0.222 e. The predicted molar refractivity (Wildman–Crippen MR) is 86.6 cm³/mol. The molecule has 2 aliphatic carbocycles. The van der Waals surface area contributed by atoms with Crippen LogP contribution in [0.1, 0.15) is 32.1 Å². The van der Waals surface area contributed by atoms with E-state index < -0.39 is 0 Å². The highest BCUT2D eigenvalue weighted by Crippen LogP contribution is 2.49. The van der Waals surface area contributed by atoms with Crippen molar-refractivity contribution in [1.29, 1.82) is 0 Å². The van der Waals surface area contributed by atoms with Gasteiger partial charge >= 0.3 is 0 Å². The molecule has 4 heteroatoms. The van der Waals surface area contributed by atoms with Crippen molar-refractivity contribution in [3.63, 3.8) is 0 Å². The van der Waals surface area contributed by atoms with Gasteiger partial charge in [-0.05, 0) is 49.1 Å². The fourth-order valence-electron chi connectivity index (χ4n) is 4.71. The normalized spacial score (nSPS) is 30.8. The second kappa shape index (κ2) is 5.90. The van der Waals surface area contributed by atoms with Crippen molar-refractivity contribution in [1.82, 2.24) is 9.88 Å². The molecule has 3 aliphatic rings. The van der Waals surface area contributed by atoms with Crippen LogP contribution in [0.5, 0.6) is 0 Å². The van der Waals surface area contributed by atoms with Crippen LogP contribution in [-0.4, -0.2) is 42.0 Å². The number of amides is 1. The molecule has 0 aromatic carbocycles. The highest BCUT2D eigenvalue weighted by Gasteiger charge is 2.40. The Morgan fingerprint density at radius 1 is 1.14 bits per heavy atom. The average molecular weight is 299 g/mol. The summed E-state index contributed by atoms with van der Waals surface area (Å²) < 4.78 is 0. The van der Waals surface area contributed by atoms with Crippen LogP contribution in [0.4, 0.5) is 5.82 Å². The number of anilines is 1. The maximum atomic E-state index is 12.6. The van der Waals surface area contributed by atoms with E-state index in [1.54, 1.807) is 0 Å². The molecule has 1 saturated heterocycles. The summed E-state index contributed by atoms with van der Waals surface area (Å²) in [6.45, 7) is 3.49. The monoisotopic (exact) mass is 299 g/mol. The topological polar surface area (TPSA) is 36.4 Å². The average Bonchev–Trinajstić information content (AvgIpc) is 3.19. The Labute approximate surface area is 132 Å². The van der Waals surface area contributed by atoms with Gasteiger partial charge in [0.25, 0.3) is 0 Å². The number of hydrogen-bond donors (Lipinski definition) is 0. The van der Waals surface area contributed by atoms with Crippen molar-refractivity contribution < 1.29 is 4.79 Å². The minimum Gasteiger partial charge on any atom is -0.353 e. The molecule has 0 radical (unpaired) electrons. The quantitative estimate of drug-likeness (QED) is 0.860. The van der Waals surface area contributed by atoms with Gasteiger partial charge in [-0.3, -0.25) is 4.79 Å². The second-order valence-electron chi connectivity index (χ2n) is 7.19. The minimum absolute atomic E-state index is 0.387. The number of aromatic nitrogens is 1. The number of piperazine rings is 1. The van der Waals surface area contributed by atoms with Crippen LogP contribution in [0.25, 0.3) is 0 Å². The first-order chi connectivity index (χ1) is 10.8. The van der Waals surface area contributed by atoms with Gasteiger partial charge in [0, 0.05) is 38.8 Å². The first kappa shape index (κ1) is 14.0. The molecule has 0 N–H and O–H groups in total. The van der Waals surface area contributed by atoms with Crippen molar-refractivity contribution in [2.24, 2.45) is 17.8 Å². The highest BCUT2D eigenvalue weighted by molar-refractivity contribution is 5.77. The van der Waals surface area contributed by atoms with Crippen LogP contribution in [0, 0.1) is 17.8 Å². The Morgan fingerprint density at radius 3 is 2.64 bits per heavy atom. The van der Waals surface area contributed by atoms with E-state index in [0.29, 0.717) is 11.8 Å². The van der Waals surface area contributed by atoms with Crippen LogP contribution in [-0.2, 0) is 4.79 Å². The highest BCUT2D eigenvalue weighted by atomic mass is 16.2. The van der Waals surface area contributed by atoms with Crippen molar-refractivity contribution in [3.05, 3.63) is 24.4 Å². The fraction of sp³-hybridized carbons (Fsp3) is 0.667. The SMILES string of the molecule is O=C(C[C@H]1C[C@H]2CC[C@H]1C2)N1CCN(c2ccccn2)CC1. The standard InChI is InChI=1S/C18H25N3O/c22-18(13-16-12-14-4-5-15(16)11-14)21-9-7-20(8-10-21)17-3-1-2-6-19-17/h1-3,6,14-16H,4-5,7-13H2/t14-,15-,16+/m0/s1. The zero-order valence-corrected chi connectivity index (χ0v) is 13.2. The lowest BCUT2D eigenvalue weighted by atomic mass is 9.86. The summed E-state index contributed by atoms with van der Waals surface area (Å²) in [5.74, 6) is 3.88. The molecule has 3 atom stereocenters. The van der Waals surface area contributed by atoms with Crippen molar-refractivity contribution >= 4 is 11.7 Å². The third-order valence-electron chi connectivity index (χ3n) is 5.93. The van der Waals surface area contributed by atoms with Crippen molar-refractivity contribution in [3.8, 4) is 0 Å². The summed E-state index contributed by atoms with van der Waals surface area (Å²) in [5.41, 5.74) is 0. The van der Waals surface area contributed by atoms with Gasteiger partial charge in [0.05, 0.1) is 0 Å². The number of fused-ring (bicyclic) bond motifs is 2. The molecular weight excluding hydrogens is 274 g/mol.